The predicted molar refractivity (Wildman–Crippen MR) is 109 cm³/mol. The molecule has 0 bridgehead atoms. The molecule has 0 aliphatic carbocycles. The zero-order valence-electron chi connectivity index (χ0n) is 16.8. The average molecular weight is 410 g/mol. The van der Waals surface area contributed by atoms with E-state index in [-0.39, 0.29) is 22.8 Å². The van der Waals surface area contributed by atoms with Crippen LogP contribution in [0.5, 0.6) is 17.2 Å². The Labute approximate surface area is 171 Å². The fourth-order valence-electron chi connectivity index (χ4n) is 2.87. The van der Waals surface area contributed by atoms with Crippen molar-refractivity contribution >= 4 is 11.5 Å². The van der Waals surface area contributed by atoms with E-state index in [9.17, 15) is 19.2 Å². The molecule has 1 heterocycles. The summed E-state index contributed by atoms with van der Waals surface area (Å²) in [5, 5.41) is 12.1. The molecule has 0 spiro atoms. The number of methoxy groups -OCH3 is 1. The van der Waals surface area contributed by atoms with Crippen molar-refractivity contribution in [3.8, 4) is 23.3 Å². The zero-order valence-corrected chi connectivity index (χ0v) is 16.8. The van der Waals surface area contributed by atoms with Gasteiger partial charge in [-0.2, -0.15) is 5.26 Å². The molecule has 0 unspecified atom stereocenters. The van der Waals surface area contributed by atoms with Crippen molar-refractivity contribution < 1.29 is 13.9 Å². The highest BCUT2D eigenvalue weighted by atomic mass is 19.1. The van der Waals surface area contributed by atoms with Crippen molar-refractivity contribution in [3.05, 3.63) is 74.2 Å². The highest BCUT2D eigenvalue weighted by molar-refractivity contribution is 5.63. The van der Waals surface area contributed by atoms with E-state index in [1.807, 2.05) is 13.0 Å². The smallest absolute Gasteiger partial charge is 0.332 e. The second kappa shape index (κ2) is 8.13. The number of halogens is 1. The third-order valence-corrected chi connectivity index (χ3v) is 4.51. The first-order valence-electron chi connectivity index (χ1n) is 8.86. The maximum atomic E-state index is 14.7. The van der Waals surface area contributed by atoms with E-state index in [0.717, 1.165) is 20.8 Å². The number of hydrogen-bond donors (Lipinski definition) is 1. The van der Waals surface area contributed by atoms with Crippen LogP contribution in [0.3, 0.4) is 0 Å². The number of anilines is 2. The Morgan fingerprint density at radius 1 is 1.03 bits per heavy atom. The Morgan fingerprint density at radius 2 is 1.73 bits per heavy atom. The van der Waals surface area contributed by atoms with Crippen LogP contribution in [0.4, 0.5) is 15.9 Å². The molecule has 0 radical (unpaired) electrons. The summed E-state index contributed by atoms with van der Waals surface area (Å²) in [6.07, 6.45) is 0. The maximum Gasteiger partial charge on any atom is 0.332 e. The summed E-state index contributed by atoms with van der Waals surface area (Å²) in [4.78, 5) is 24.3. The highest BCUT2D eigenvalue weighted by Gasteiger charge is 2.17. The molecule has 0 aliphatic heterocycles. The van der Waals surface area contributed by atoms with Gasteiger partial charge in [0.05, 0.1) is 7.11 Å². The highest BCUT2D eigenvalue weighted by Crippen LogP contribution is 2.34. The molecule has 154 valence electrons. The number of rotatable bonds is 5. The number of hydrogen-bond acceptors (Lipinski definition) is 6. The van der Waals surface area contributed by atoms with E-state index in [1.165, 1.54) is 33.3 Å². The van der Waals surface area contributed by atoms with Gasteiger partial charge in [-0.3, -0.25) is 13.9 Å². The zero-order chi connectivity index (χ0) is 22.0. The molecule has 0 fully saturated rings. The minimum Gasteiger partial charge on any atom is -0.493 e. The number of nitrogens with zero attached hydrogens (tertiary/aromatic N) is 3. The molecule has 30 heavy (non-hydrogen) atoms. The van der Waals surface area contributed by atoms with Gasteiger partial charge in [-0.15, -0.1) is 0 Å². The van der Waals surface area contributed by atoms with Gasteiger partial charge in [-0.25, -0.2) is 9.18 Å². The van der Waals surface area contributed by atoms with Crippen molar-refractivity contribution in [3.63, 3.8) is 0 Å². The molecule has 1 N–H and O–H groups in total. The monoisotopic (exact) mass is 410 g/mol. The van der Waals surface area contributed by atoms with Crippen LogP contribution < -0.4 is 26.0 Å². The number of aromatic nitrogens is 2. The number of nitrogens with one attached hydrogen (secondary N) is 1. The molecular formula is C21H19FN4O4. The van der Waals surface area contributed by atoms with Crippen molar-refractivity contribution in [2.75, 3.05) is 12.4 Å². The largest absolute Gasteiger partial charge is 0.493 e. The second-order valence-corrected chi connectivity index (χ2v) is 6.57. The lowest BCUT2D eigenvalue weighted by atomic mass is 10.2. The van der Waals surface area contributed by atoms with Gasteiger partial charge in [0.15, 0.2) is 28.6 Å². The molecule has 9 heteroatoms. The third kappa shape index (κ3) is 3.75. The van der Waals surface area contributed by atoms with Crippen molar-refractivity contribution in [2.45, 2.75) is 6.92 Å². The topological polar surface area (TPSA) is 98.3 Å². The van der Waals surface area contributed by atoms with Gasteiger partial charge in [-0.1, -0.05) is 6.07 Å². The van der Waals surface area contributed by atoms with Crippen molar-refractivity contribution in [1.82, 2.24) is 9.13 Å². The summed E-state index contributed by atoms with van der Waals surface area (Å²) in [5.41, 5.74) is -0.421. The van der Waals surface area contributed by atoms with E-state index in [0.29, 0.717) is 11.5 Å². The SMILES string of the molecule is COc1cc(C)ccc1Oc1ccc(Nc2c(C#N)c(=O)n(C)c(=O)n2C)cc1F. The van der Waals surface area contributed by atoms with Gasteiger partial charge >= 0.3 is 5.69 Å². The third-order valence-electron chi connectivity index (χ3n) is 4.51. The van der Waals surface area contributed by atoms with E-state index >= 15 is 0 Å². The summed E-state index contributed by atoms with van der Waals surface area (Å²) >= 11 is 0. The lowest BCUT2D eigenvalue weighted by Gasteiger charge is -2.15. The lowest BCUT2D eigenvalue weighted by Crippen LogP contribution is -2.39. The Bertz CT molecular complexity index is 1290. The molecule has 0 aliphatic rings. The first-order valence-corrected chi connectivity index (χ1v) is 8.86. The van der Waals surface area contributed by atoms with Crippen LogP contribution >= 0.6 is 0 Å². The van der Waals surface area contributed by atoms with Gasteiger partial charge < -0.3 is 14.8 Å². The van der Waals surface area contributed by atoms with Gasteiger partial charge in [0.2, 0.25) is 0 Å². The summed E-state index contributed by atoms with van der Waals surface area (Å²) in [7, 11) is 4.18. The van der Waals surface area contributed by atoms with Crippen LogP contribution in [0.1, 0.15) is 11.1 Å². The molecule has 3 rings (SSSR count). The van der Waals surface area contributed by atoms with Crippen LogP contribution in [-0.4, -0.2) is 16.2 Å². The molecule has 2 aromatic carbocycles. The minimum atomic E-state index is -0.741. The van der Waals surface area contributed by atoms with Gasteiger partial charge in [-0.05, 0) is 36.8 Å². The number of nitriles is 1. The van der Waals surface area contributed by atoms with Crippen molar-refractivity contribution in [2.24, 2.45) is 14.1 Å². The van der Waals surface area contributed by atoms with Crippen LogP contribution in [0.15, 0.2) is 46.0 Å². The molecule has 8 nitrogen and oxygen atoms in total. The Hall–Kier alpha value is -4.06. The molecule has 3 aromatic rings. The van der Waals surface area contributed by atoms with Crippen LogP contribution in [0.2, 0.25) is 0 Å². The van der Waals surface area contributed by atoms with Gasteiger partial charge in [0.1, 0.15) is 11.9 Å². The van der Waals surface area contributed by atoms with E-state index in [2.05, 4.69) is 5.32 Å². The van der Waals surface area contributed by atoms with E-state index < -0.39 is 17.1 Å². The summed E-state index contributed by atoms with van der Waals surface area (Å²) < 4.78 is 27.5. The van der Waals surface area contributed by atoms with E-state index in [4.69, 9.17) is 9.47 Å². The van der Waals surface area contributed by atoms with Gasteiger partial charge in [0, 0.05) is 25.8 Å². The molecular weight excluding hydrogens is 391 g/mol. The fourth-order valence-corrected chi connectivity index (χ4v) is 2.87. The summed E-state index contributed by atoms with van der Waals surface area (Å²) in [5.74, 6) is 0.0590. The standard InChI is InChI=1S/C21H19FN4O4/c1-12-5-7-17(18(9-12)29-4)30-16-8-6-13(10-15(16)22)24-19-14(11-23)20(27)26(3)21(28)25(19)2/h5-10,24H,1-4H3. The molecule has 1 aromatic heterocycles. The Balaban J connectivity index is 1.95. The van der Waals surface area contributed by atoms with Gasteiger partial charge in [0.25, 0.3) is 5.56 Å². The normalized spacial score (nSPS) is 10.4. The van der Waals surface area contributed by atoms with Crippen LogP contribution in [-0.2, 0) is 14.1 Å². The molecule has 0 saturated heterocycles. The van der Waals surface area contributed by atoms with E-state index in [1.54, 1.807) is 18.2 Å². The second-order valence-electron chi connectivity index (χ2n) is 6.57. The predicted octanol–water partition coefficient (Wildman–Crippen LogP) is 2.95. The first kappa shape index (κ1) is 20.7. The first-order chi connectivity index (χ1) is 14.3. The van der Waals surface area contributed by atoms with Crippen LogP contribution in [0.25, 0.3) is 0 Å². The average Bonchev–Trinajstić information content (AvgIpc) is 2.73. The Kier molecular flexibility index (Phi) is 5.60. The quantitative estimate of drug-likeness (QED) is 0.695. The lowest BCUT2D eigenvalue weighted by molar-refractivity contribution is 0.371. The molecule has 0 amide bonds. The van der Waals surface area contributed by atoms with Crippen molar-refractivity contribution in [1.29, 1.82) is 5.26 Å². The Morgan fingerprint density at radius 3 is 2.37 bits per heavy atom. The number of ether oxygens (including phenoxy) is 2. The van der Waals surface area contributed by atoms with Crippen LogP contribution in [0, 0.1) is 24.1 Å². The minimum absolute atomic E-state index is 0.0288. The summed E-state index contributed by atoms with van der Waals surface area (Å²) in [6, 6.07) is 11.1. The molecule has 0 atom stereocenters. The fraction of sp³-hybridized carbons (Fsp3) is 0.190. The number of aryl methyl sites for hydroxylation is 1. The number of benzene rings is 2. The molecule has 0 saturated carbocycles. The summed E-state index contributed by atoms with van der Waals surface area (Å²) in [6.45, 7) is 1.90. The maximum absolute atomic E-state index is 14.7.